The summed E-state index contributed by atoms with van der Waals surface area (Å²) in [6, 6.07) is 0. The van der Waals surface area contributed by atoms with Gasteiger partial charge in [-0.05, 0) is 39.0 Å². The molecule has 0 spiro atoms. The summed E-state index contributed by atoms with van der Waals surface area (Å²) in [4.78, 5) is 23.6. The smallest absolute Gasteiger partial charge is 0.224 e. The van der Waals surface area contributed by atoms with Crippen LogP contribution in [0.1, 0.15) is 54.4 Å². The molecule has 1 aliphatic carbocycles. The Morgan fingerprint density at radius 3 is 2.06 bits per heavy atom. The largest absolute Gasteiger partial charge is 0.550 e. The summed E-state index contributed by atoms with van der Waals surface area (Å²) in [7, 11) is 0. The van der Waals surface area contributed by atoms with Gasteiger partial charge < -0.3 is 15.2 Å². The molecule has 1 N–H and O–H groups in total. The van der Waals surface area contributed by atoms with Crippen LogP contribution in [0.4, 0.5) is 0 Å². The molecule has 0 heterocycles. The van der Waals surface area contributed by atoms with Gasteiger partial charge in [0.25, 0.3) is 0 Å². The Balaban J connectivity index is 2.95. The van der Waals surface area contributed by atoms with Gasteiger partial charge in [0.15, 0.2) is 0 Å². The average molecular weight is 254 g/mol. The summed E-state index contributed by atoms with van der Waals surface area (Å²) in [5, 5.41) is 14.3. The zero-order valence-electron chi connectivity index (χ0n) is 12.2. The average Bonchev–Trinajstić information content (AvgIpc) is 2.36. The lowest BCUT2D eigenvalue weighted by molar-refractivity contribution is -0.323. The van der Waals surface area contributed by atoms with Crippen LogP contribution in [-0.4, -0.2) is 17.4 Å². The molecule has 0 aromatic heterocycles. The molecule has 0 aromatic rings. The van der Waals surface area contributed by atoms with Gasteiger partial charge in [0.2, 0.25) is 5.91 Å². The van der Waals surface area contributed by atoms with Crippen LogP contribution in [0.5, 0.6) is 0 Å². The third kappa shape index (κ3) is 2.38. The quantitative estimate of drug-likeness (QED) is 0.802. The molecule has 1 saturated carbocycles. The molecule has 4 nitrogen and oxygen atoms in total. The van der Waals surface area contributed by atoms with Crippen LogP contribution in [0.3, 0.4) is 0 Å². The highest BCUT2D eigenvalue weighted by Gasteiger charge is 2.55. The monoisotopic (exact) mass is 254 g/mol. The number of carboxylic acid groups (broad SMARTS) is 1. The number of hydrogen-bond acceptors (Lipinski definition) is 3. The van der Waals surface area contributed by atoms with Gasteiger partial charge in [-0.25, -0.2) is 0 Å². The van der Waals surface area contributed by atoms with E-state index >= 15 is 0 Å². The molecule has 1 fully saturated rings. The fourth-order valence-electron chi connectivity index (χ4n) is 2.78. The van der Waals surface area contributed by atoms with Crippen molar-refractivity contribution in [3.05, 3.63) is 0 Å². The lowest BCUT2D eigenvalue weighted by atomic mass is 9.65. The molecule has 1 rings (SSSR count). The van der Waals surface area contributed by atoms with Gasteiger partial charge in [-0.2, -0.15) is 0 Å². The molecule has 0 aromatic carbocycles. The highest BCUT2D eigenvalue weighted by molar-refractivity contribution is 5.83. The highest BCUT2D eigenvalue weighted by atomic mass is 16.4. The Morgan fingerprint density at radius 2 is 1.72 bits per heavy atom. The van der Waals surface area contributed by atoms with Gasteiger partial charge in [-0.15, -0.1) is 0 Å². The van der Waals surface area contributed by atoms with Gasteiger partial charge in [0.1, 0.15) is 0 Å². The van der Waals surface area contributed by atoms with E-state index in [1.165, 1.54) is 0 Å². The van der Waals surface area contributed by atoms with Gasteiger partial charge in [-0.3, -0.25) is 4.79 Å². The summed E-state index contributed by atoms with van der Waals surface area (Å²) >= 11 is 0. The second-order valence-corrected chi connectivity index (χ2v) is 7.17. The van der Waals surface area contributed by atoms with E-state index in [1.807, 2.05) is 34.6 Å². The number of carbonyl (C=O) groups is 2. The number of carboxylic acids is 1. The predicted molar refractivity (Wildman–Crippen MR) is 67.5 cm³/mol. The van der Waals surface area contributed by atoms with Crippen LogP contribution in [0.15, 0.2) is 0 Å². The summed E-state index contributed by atoms with van der Waals surface area (Å²) < 4.78 is 0. The Morgan fingerprint density at radius 1 is 1.22 bits per heavy atom. The molecule has 0 bridgehead atoms. The Hall–Kier alpha value is -1.06. The van der Waals surface area contributed by atoms with Crippen molar-refractivity contribution in [1.82, 2.24) is 5.32 Å². The van der Waals surface area contributed by atoms with Crippen molar-refractivity contribution in [3.8, 4) is 0 Å². The Bertz CT molecular complexity index is 368. The minimum Gasteiger partial charge on any atom is -0.550 e. The molecule has 1 amide bonds. The molecule has 104 valence electrons. The maximum Gasteiger partial charge on any atom is 0.224 e. The summed E-state index contributed by atoms with van der Waals surface area (Å²) in [5.74, 6) is -1.39. The Labute approximate surface area is 109 Å². The molecule has 2 unspecified atom stereocenters. The van der Waals surface area contributed by atoms with Crippen molar-refractivity contribution in [2.45, 2.75) is 59.9 Å². The van der Waals surface area contributed by atoms with E-state index in [0.29, 0.717) is 12.8 Å². The summed E-state index contributed by atoms with van der Waals surface area (Å²) in [6.45, 7) is 11.2. The van der Waals surface area contributed by atoms with Gasteiger partial charge in [0.05, 0.1) is 0 Å². The molecular weight excluding hydrogens is 230 g/mol. The van der Waals surface area contributed by atoms with Gasteiger partial charge in [0, 0.05) is 22.8 Å². The fraction of sp³-hybridized carbons (Fsp3) is 0.857. The fourth-order valence-corrected chi connectivity index (χ4v) is 2.78. The molecule has 0 radical (unpaired) electrons. The minimum atomic E-state index is -1.06. The van der Waals surface area contributed by atoms with Crippen LogP contribution < -0.4 is 10.4 Å². The van der Waals surface area contributed by atoms with E-state index in [-0.39, 0.29) is 17.4 Å². The van der Waals surface area contributed by atoms with Crippen molar-refractivity contribution >= 4 is 11.9 Å². The van der Waals surface area contributed by atoms with Crippen LogP contribution in [-0.2, 0) is 9.59 Å². The molecule has 1 aliphatic rings. The van der Waals surface area contributed by atoms with Gasteiger partial charge in [-0.1, -0.05) is 20.8 Å². The van der Waals surface area contributed by atoms with Crippen LogP contribution in [0.2, 0.25) is 0 Å². The SMILES string of the molecule is CC(C)(C)NC(=O)C1CCC(C)(C(=O)[O-])C1(C)C. The lowest BCUT2D eigenvalue weighted by Crippen LogP contribution is -2.52. The maximum absolute atomic E-state index is 12.3. The zero-order chi connectivity index (χ0) is 14.4. The van der Waals surface area contributed by atoms with Crippen LogP contribution in [0, 0.1) is 16.7 Å². The first-order valence-electron chi connectivity index (χ1n) is 6.45. The minimum absolute atomic E-state index is 0.0579. The van der Waals surface area contributed by atoms with Crippen LogP contribution in [0.25, 0.3) is 0 Å². The number of hydrogen-bond donors (Lipinski definition) is 1. The van der Waals surface area contributed by atoms with E-state index in [9.17, 15) is 14.7 Å². The molecule has 0 saturated heterocycles. The lowest BCUT2D eigenvalue weighted by Gasteiger charge is -2.42. The van der Waals surface area contributed by atoms with E-state index in [0.717, 1.165) is 0 Å². The number of nitrogens with one attached hydrogen (secondary N) is 1. The second kappa shape index (κ2) is 4.25. The van der Waals surface area contributed by atoms with E-state index in [1.54, 1.807) is 6.92 Å². The normalized spacial score (nSPS) is 31.1. The molecule has 0 aliphatic heterocycles. The van der Waals surface area contributed by atoms with Crippen molar-refractivity contribution in [2.75, 3.05) is 0 Å². The summed E-state index contributed by atoms with van der Waals surface area (Å²) in [5.41, 5.74) is -1.83. The zero-order valence-corrected chi connectivity index (χ0v) is 12.2. The van der Waals surface area contributed by atoms with Gasteiger partial charge >= 0.3 is 0 Å². The molecule has 2 atom stereocenters. The third-order valence-electron chi connectivity index (χ3n) is 4.49. The first-order chi connectivity index (χ1) is 7.92. The molecule has 4 heteroatoms. The highest BCUT2D eigenvalue weighted by Crippen LogP contribution is 2.55. The molecule has 18 heavy (non-hydrogen) atoms. The predicted octanol–water partition coefficient (Wildman–Crippen LogP) is 1.09. The van der Waals surface area contributed by atoms with Crippen molar-refractivity contribution < 1.29 is 14.7 Å². The number of amides is 1. The standard InChI is InChI=1S/C14H25NO3/c1-12(2,3)15-10(16)9-7-8-14(6,11(17)18)13(9,4)5/h9H,7-8H2,1-6H3,(H,15,16)(H,17,18)/p-1. The topological polar surface area (TPSA) is 69.2 Å². The first-order valence-corrected chi connectivity index (χ1v) is 6.45. The number of carbonyl (C=O) groups excluding carboxylic acids is 2. The first kappa shape index (κ1) is 15.0. The summed E-state index contributed by atoms with van der Waals surface area (Å²) in [6.07, 6.45) is 1.09. The van der Waals surface area contributed by atoms with E-state index in [2.05, 4.69) is 5.32 Å². The maximum atomic E-state index is 12.3. The van der Waals surface area contributed by atoms with Crippen molar-refractivity contribution in [1.29, 1.82) is 0 Å². The van der Waals surface area contributed by atoms with Crippen LogP contribution >= 0.6 is 0 Å². The number of aliphatic carboxylic acids is 1. The van der Waals surface area contributed by atoms with E-state index < -0.39 is 16.8 Å². The molecular formula is C14H24NO3-. The Kier molecular flexibility index (Phi) is 3.54. The number of rotatable bonds is 2. The van der Waals surface area contributed by atoms with Crippen molar-refractivity contribution in [2.24, 2.45) is 16.7 Å². The van der Waals surface area contributed by atoms with E-state index in [4.69, 9.17) is 0 Å². The second-order valence-electron chi connectivity index (χ2n) is 7.17. The van der Waals surface area contributed by atoms with Crippen molar-refractivity contribution in [3.63, 3.8) is 0 Å². The third-order valence-corrected chi connectivity index (χ3v) is 4.49.